The van der Waals surface area contributed by atoms with Gasteiger partial charge in [0.25, 0.3) is 0 Å². The molecule has 1 heterocycles. The molecule has 0 spiro atoms. The van der Waals surface area contributed by atoms with Crippen LogP contribution in [0.15, 0.2) is 60.8 Å². The van der Waals surface area contributed by atoms with E-state index in [0.29, 0.717) is 11.1 Å². The molecule has 0 atom stereocenters. The third-order valence-electron chi connectivity index (χ3n) is 3.35. The molecular weight excluding hydrogens is 305 g/mol. The largest absolute Gasteiger partial charge is 0.573 e. The van der Waals surface area contributed by atoms with Crippen molar-refractivity contribution in [2.45, 2.75) is 13.3 Å². The number of hydrogen-bond acceptors (Lipinski definition) is 2. The summed E-state index contributed by atoms with van der Waals surface area (Å²) < 4.78 is 43.5. The highest BCUT2D eigenvalue weighted by molar-refractivity contribution is 5.72. The minimum atomic E-state index is -4.73. The maximum Gasteiger partial charge on any atom is 0.573 e. The molecule has 0 aliphatic rings. The van der Waals surface area contributed by atoms with Gasteiger partial charge < -0.3 is 4.74 Å². The van der Waals surface area contributed by atoms with Gasteiger partial charge in [-0.15, -0.1) is 13.2 Å². The predicted molar refractivity (Wildman–Crippen MR) is 80.4 cm³/mol. The predicted octanol–water partition coefficient (Wildman–Crippen LogP) is 4.75. The molecule has 0 fully saturated rings. The van der Waals surface area contributed by atoms with Crippen LogP contribution in [0.3, 0.4) is 0 Å². The number of rotatable bonds is 3. The van der Waals surface area contributed by atoms with E-state index in [-0.39, 0.29) is 5.75 Å². The number of halogens is 3. The van der Waals surface area contributed by atoms with E-state index in [4.69, 9.17) is 0 Å². The van der Waals surface area contributed by atoms with Gasteiger partial charge in [0.1, 0.15) is 5.75 Å². The summed E-state index contributed by atoms with van der Waals surface area (Å²) in [6.07, 6.45) is -3.06. The van der Waals surface area contributed by atoms with Crippen molar-refractivity contribution in [1.82, 2.24) is 9.78 Å². The summed E-state index contributed by atoms with van der Waals surface area (Å²) in [6.45, 7) is 1.90. The molecule has 2 aromatic carbocycles. The number of aromatic nitrogens is 2. The van der Waals surface area contributed by atoms with Crippen LogP contribution in [0.25, 0.3) is 16.8 Å². The van der Waals surface area contributed by atoms with E-state index in [1.165, 1.54) is 12.1 Å². The molecule has 0 amide bonds. The van der Waals surface area contributed by atoms with Crippen molar-refractivity contribution in [3.05, 3.63) is 66.5 Å². The third-order valence-corrected chi connectivity index (χ3v) is 3.35. The van der Waals surface area contributed by atoms with Crippen molar-refractivity contribution in [2.75, 3.05) is 0 Å². The van der Waals surface area contributed by atoms with Gasteiger partial charge in [-0.2, -0.15) is 5.10 Å². The van der Waals surface area contributed by atoms with Crippen molar-refractivity contribution in [2.24, 2.45) is 0 Å². The van der Waals surface area contributed by atoms with Crippen molar-refractivity contribution in [1.29, 1.82) is 0 Å². The molecule has 1 aromatic heterocycles. The Hall–Kier alpha value is -2.76. The zero-order chi connectivity index (χ0) is 16.4. The standard InChI is InChI=1S/C17H13F3N2O/c1-12-9-10-21-22(12)14-6-4-5-13(11-14)15-7-2-3-8-16(15)23-17(18,19)20/h2-11H,1H3. The molecule has 0 unspecified atom stereocenters. The Balaban J connectivity index is 2.05. The molecular formula is C17H13F3N2O. The minimum absolute atomic E-state index is 0.227. The summed E-state index contributed by atoms with van der Waals surface area (Å²) in [5.74, 6) is -0.227. The highest BCUT2D eigenvalue weighted by atomic mass is 19.4. The van der Waals surface area contributed by atoms with E-state index in [2.05, 4.69) is 9.84 Å². The number of alkyl halides is 3. The average Bonchev–Trinajstić information content (AvgIpc) is 2.92. The van der Waals surface area contributed by atoms with Crippen LogP contribution in [0.5, 0.6) is 5.75 Å². The summed E-state index contributed by atoms with van der Waals surface area (Å²) in [5.41, 5.74) is 2.70. The third kappa shape index (κ3) is 3.36. The molecule has 3 aromatic rings. The van der Waals surface area contributed by atoms with Crippen LogP contribution in [0.1, 0.15) is 5.69 Å². The highest BCUT2D eigenvalue weighted by Crippen LogP contribution is 2.34. The van der Waals surface area contributed by atoms with E-state index in [1.54, 1.807) is 41.2 Å². The molecule has 0 bridgehead atoms. The van der Waals surface area contributed by atoms with E-state index >= 15 is 0 Å². The lowest BCUT2D eigenvalue weighted by Gasteiger charge is -2.14. The zero-order valence-corrected chi connectivity index (χ0v) is 12.2. The normalized spacial score (nSPS) is 11.5. The van der Waals surface area contributed by atoms with Crippen LogP contribution >= 0.6 is 0 Å². The van der Waals surface area contributed by atoms with Gasteiger partial charge in [0.05, 0.1) is 5.69 Å². The Morgan fingerprint density at radius 3 is 2.48 bits per heavy atom. The minimum Gasteiger partial charge on any atom is -0.405 e. The maximum atomic E-state index is 12.6. The molecule has 3 nitrogen and oxygen atoms in total. The molecule has 3 rings (SSSR count). The molecule has 0 saturated heterocycles. The van der Waals surface area contributed by atoms with Crippen molar-refractivity contribution < 1.29 is 17.9 Å². The van der Waals surface area contributed by atoms with Gasteiger partial charge in [-0.05, 0) is 36.8 Å². The number of para-hydroxylation sites is 1. The molecule has 0 aliphatic heterocycles. The smallest absolute Gasteiger partial charge is 0.405 e. The summed E-state index contributed by atoms with van der Waals surface area (Å²) in [6, 6.07) is 15.1. The maximum absolute atomic E-state index is 12.6. The number of hydrogen-bond donors (Lipinski definition) is 0. The monoisotopic (exact) mass is 318 g/mol. The van der Waals surface area contributed by atoms with Gasteiger partial charge in [-0.3, -0.25) is 0 Å². The summed E-state index contributed by atoms with van der Waals surface area (Å²) in [4.78, 5) is 0. The van der Waals surface area contributed by atoms with E-state index in [9.17, 15) is 13.2 Å². The van der Waals surface area contributed by atoms with Crippen LogP contribution in [0, 0.1) is 6.92 Å². The summed E-state index contributed by atoms with van der Waals surface area (Å²) >= 11 is 0. The molecule has 0 radical (unpaired) electrons. The number of ether oxygens (including phenoxy) is 1. The first-order valence-electron chi connectivity index (χ1n) is 6.90. The first-order chi connectivity index (χ1) is 10.9. The van der Waals surface area contributed by atoms with Gasteiger partial charge in [-0.1, -0.05) is 30.3 Å². The van der Waals surface area contributed by atoms with Crippen LogP contribution < -0.4 is 4.74 Å². The van der Waals surface area contributed by atoms with Crippen LogP contribution in [0.4, 0.5) is 13.2 Å². The number of aryl methyl sites for hydroxylation is 1. The van der Waals surface area contributed by atoms with Crippen LogP contribution in [0.2, 0.25) is 0 Å². The number of nitrogens with zero attached hydrogens (tertiary/aromatic N) is 2. The van der Waals surface area contributed by atoms with Gasteiger partial charge in [0, 0.05) is 17.5 Å². The molecule has 23 heavy (non-hydrogen) atoms. The summed E-state index contributed by atoms with van der Waals surface area (Å²) in [5, 5.41) is 4.21. The molecule has 0 aliphatic carbocycles. The topological polar surface area (TPSA) is 27.1 Å². The van der Waals surface area contributed by atoms with Crippen molar-refractivity contribution in [3.63, 3.8) is 0 Å². The number of benzene rings is 2. The van der Waals surface area contributed by atoms with Crippen LogP contribution in [-0.2, 0) is 0 Å². The van der Waals surface area contributed by atoms with Crippen molar-refractivity contribution in [3.8, 4) is 22.6 Å². The van der Waals surface area contributed by atoms with Crippen LogP contribution in [-0.4, -0.2) is 16.1 Å². The molecule has 0 saturated carbocycles. The van der Waals surface area contributed by atoms with E-state index < -0.39 is 6.36 Å². The Kier molecular flexibility index (Phi) is 3.82. The second-order valence-electron chi connectivity index (χ2n) is 4.98. The fourth-order valence-corrected chi connectivity index (χ4v) is 2.36. The lowest BCUT2D eigenvalue weighted by atomic mass is 10.0. The lowest BCUT2D eigenvalue weighted by molar-refractivity contribution is -0.274. The average molecular weight is 318 g/mol. The first-order valence-corrected chi connectivity index (χ1v) is 6.90. The first kappa shape index (κ1) is 15.1. The summed E-state index contributed by atoms with van der Waals surface area (Å²) in [7, 11) is 0. The Morgan fingerprint density at radius 1 is 1.00 bits per heavy atom. The van der Waals surface area contributed by atoms with Gasteiger partial charge >= 0.3 is 6.36 Å². The van der Waals surface area contributed by atoms with Gasteiger partial charge in [0.15, 0.2) is 0 Å². The molecule has 118 valence electrons. The Morgan fingerprint density at radius 2 is 1.78 bits per heavy atom. The van der Waals surface area contributed by atoms with Crippen molar-refractivity contribution >= 4 is 0 Å². The van der Waals surface area contributed by atoms with E-state index in [0.717, 1.165) is 11.4 Å². The van der Waals surface area contributed by atoms with Gasteiger partial charge in [0.2, 0.25) is 0 Å². The fraction of sp³-hybridized carbons (Fsp3) is 0.118. The lowest BCUT2D eigenvalue weighted by Crippen LogP contribution is -2.17. The zero-order valence-electron chi connectivity index (χ0n) is 12.2. The Labute approximate surface area is 130 Å². The molecule has 6 heteroatoms. The molecule has 0 N–H and O–H groups in total. The van der Waals surface area contributed by atoms with Gasteiger partial charge in [-0.25, -0.2) is 4.68 Å². The Bertz CT molecular complexity index is 824. The fourth-order valence-electron chi connectivity index (χ4n) is 2.36. The highest BCUT2D eigenvalue weighted by Gasteiger charge is 2.32. The second-order valence-corrected chi connectivity index (χ2v) is 4.98. The SMILES string of the molecule is Cc1ccnn1-c1cccc(-c2ccccc2OC(F)(F)F)c1. The van der Waals surface area contributed by atoms with E-state index in [1.807, 2.05) is 19.1 Å². The quantitative estimate of drug-likeness (QED) is 0.697. The second kappa shape index (κ2) is 5.79.